The lowest BCUT2D eigenvalue weighted by molar-refractivity contribution is -0.151. The van der Waals surface area contributed by atoms with E-state index in [9.17, 15) is 14.4 Å². The van der Waals surface area contributed by atoms with Gasteiger partial charge in [-0.1, -0.05) is 26.7 Å². The van der Waals surface area contributed by atoms with Crippen molar-refractivity contribution in [1.29, 1.82) is 0 Å². The number of esters is 2. The van der Waals surface area contributed by atoms with Crippen molar-refractivity contribution in [2.75, 3.05) is 39.6 Å². The van der Waals surface area contributed by atoms with Crippen molar-refractivity contribution in [2.24, 2.45) is 5.92 Å². The van der Waals surface area contributed by atoms with Crippen molar-refractivity contribution in [3.63, 3.8) is 0 Å². The van der Waals surface area contributed by atoms with Gasteiger partial charge in [0.25, 0.3) is 0 Å². The van der Waals surface area contributed by atoms with Gasteiger partial charge in [0.15, 0.2) is 0 Å². The van der Waals surface area contributed by atoms with Crippen LogP contribution in [-0.2, 0) is 33.3 Å². The van der Waals surface area contributed by atoms with E-state index in [-0.39, 0.29) is 50.5 Å². The maximum absolute atomic E-state index is 11.9. The summed E-state index contributed by atoms with van der Waals surface area (Å²) < 4.78 is 20.8. The van der Waals surface area contributed by atoms with Gasteiger partial charge in [-0.2, -0.15) is 0 Å². The Morgan fingerprint density at radius 2 is 1.36 bits per heavy atom. The van der Waals surface area contributed by atoms with E-state index in [1.807, 2.05) is 6.92 Å². The van der Waals surface area contributed by atoms with Crippen LogP contribution >= 0.6 is 0 Å². The van der Waals surface area contributed by atoms with Crippen molar-refractivity contribution in [1.82, 2.24) is 0 Å². The minimum absolute atomic E-state index is 0.0248. The Labute approximate surface area is 167 Å². The monoisotopic (exact) mass is 404 g/mol. The first kappa shape index (κ1) is 26.3. The normalized spacial score (nSPS) is 11.8. The Kier molecular flexibility index (Phi) is 17.6. The zero-order valence-corrected chi connectivity index (χ0v) is 17.3. The Balaban J connectivity index is 3.42. The van der Waals surface area contributed by atoms with E-state index in [1.165, 1.54) is 0 Å². The molecule has 0 bridgehead atoms. The fraction of sp³-hybridized carbons (Fsp3) is 0.850. The second-order valence-corrected chi connectivity index (χ2v) is 6.46. The zero-order chi connectivity index (χ0) is 21.0. The molecule has 0 saturated heterocycles. The number of hydrogen-bond acceptors (Lipinski definition) is 7. The number of carboxylic acids is 1. The van der Waals surface area contributed by atoms with Gasteiger partial charge in [-0.25, -0.2) is 0 Å². The number of aliphatic carboxylic acids is 1. The lowest BCUT2D eigenvalue weighted by atomic mass is 10.00. The summed E-state index contributed by atoms with van der Waals surface area (Å²) >= 11 is 0. The maximum Gasteiger partial charge on any atom is 0.308 e. The molecule has 0 amide bonds. The smallest absolute Gasteiger partial charge is 0.308 e. The van der Waals surface area contributed by atoms with E-state index in [0.717, 1.165) is 25.7 Å². The molecule has 164 valence electrons. The Morgan fingerprint density at radius 1 is 0.786 bits per heavy atom. The van der Waals surface area contributed by atoms with Crippen molar-refractivity contribution >= 4 is 17.9 Å². The maximum atomic E-state index is 11.9. The first-order valence-corrected chi connectivity index (χ1v) is 10.2. The molecule has 0 spiro atoms. The van der Waals surface area contributed by atoms with Crippen LogP contribution in [0.25, 0.3) is 0 Å². The van der Waals surface area contributed by atoms with Crippen molar-refractivity contribution in [3.05, 3.63) is 0 Å². The average Bonchev–Trinajstić information content (AvgIpc) is 2.67. The zero-order valence-electron chi connectivity index (χ0n) is 17.3. The molecule has 1 atom stereocenters. The Hall–Kier alpha value is -1.67. The number of carbonyl (C=O) groups excluding carboxylic acids is 2. The number of hydrogen-bond donors (Lipinski definition) is 1. The van der Waals surface area contributed by atoms with Crippen LogP contribution in [-0.4, -0.2) is 62.7 Å². The lowest BCUT2D eigenvalue weighted by Crippen LogP contribution is -2.20. The molecule has 0 aromatic rings. The molecule has 1 unspecified atom stereocenters. The highest BCUT2D eigenvalue weighted by molar-refractivity contribution is 5.72. The van der Waals surface area contributed by atoms with Crippen LogP contribution in [0.4, 0.5) is 0 Å². The van der Waals surface area contributed by atoms with Crippen LogP contribution in [0.1, 0.15) is 65.2 Å². The Morgan fingerprint density at radius 3 is 1.93 bits per heavy atom. The molecule has 0 heterocycles. The number of ether oxygens (including phenoxy) is 4. The number of unbranched alkanes of at least 4 members (excludes halogenated alkanes) is 2. The number of carboxylic acid groups (broad SMARTS) is 1. The van der Waals surface area contributed by atoms with E-state index < -0.39 is 5.97 Å². The van der Waals surface area contributed by atoms with E-state index in [1.54, 1.807) is 0 Å². The molecule has 1 N–H and O–H groups in total. The van der Waals surface area contributed by atoms with Gasteiger partial charge in [0.05, 0.1) is 32.3 Å². The average molecular weight is 405 g/mol. The van der Waals surface area contributed by atoms with E-state index in [4.69, 9.17) is 24.1 Å². The summed E-state index contributed by atoms with van der Waals surface area (Å²) in [5, 5.41) is 8.49. The molecular formula is C20H36O8. The molecule has 0 rings (SSSR count). The highest BCUT2D eigenvalue weighted by Gasteiger charge is 2.16. The molecule has 8 heteroatoms. The third kappa shape index (κ3) is 16.5. The second kappa shape index (κ2) is 18.7. The largest absolute Gasteiger partial charge is 0.481 e. The third-order valence-electron chi connectivity index (χ3n) is 4.09. The quantitative estimate of drug-likeness (QED) is 0.259. The van der Waals surface area contributed by atoms with Crippen LogP contribution < -0.4 is 0 Å². The van der Waals surface area contributed by atoms with Crippen LogP contribution in [0.15, 0.2) is 0 Å². The molecule has 0 radical (unpaired) electrons. The molecule has 0 aliphatic heterocycles. The highest BCUT2D eigenvalue weighted by atomic mass is 16.6. The van der Waals surface area contributed by atoms with E-state index in [0.29, 0.717) is 32.7 Å². The standard InChI is InChI=1S/C20H36O8/c1-3-5-8-17(4-2)20(24)28-16-14-26-12-11-25-13-15-27-19(23)10-7-6-9-18(21)22/h17H,3-16H2,1-2H3,(H,21,22). The topological polar surface area (TPSA) is 108 Å². The lowest BCUT2D eigenvalue weighted by Gasteiger charge is -2.13. The van der Waals surface area contributed by atoms with Gasteiger partial charge in [0, 0.05) is 12.8 Å². The first-order valence-electron chi connectivity index (χ1n) is 10.2. The summed E-state index contributed by atoms with van der Waals surface area (Å²) in [7, 11) is 0. The summed E-state index contributed by atoms with van der Waals surface area (Å²) in [5.74, 6) is -1.39. The SMILES string of the molecule is CCCCC(CC)C(=O)OCCOCCOCCOC(=O)CCCCC(=O)O. The summed E-state index contributed by atoms with van der Waals surface area (Å²) in [5.41, 5.74) is 0. The van der Waals surface area contributed by atoms with Crippen LogP contribution in [0.5, 0.6) is 0 Å². The van der Waals surface area contributed by atoms with Crippen LogP contribution in [0.2, 0.25) is 0 Å². The molecular weight excluding hydrogens is 368 g/mol. The summed E-state index contributed by atoms with van der Waals surface area (Å²) in [6.07, 6.45) is 5.00. The van der Waals surface area contributed by atoms with Gasteiger partial charge in [0.2, 0.25) is 0 Å². The number of rotatable bonds is 19. The van der Waals surface area contributed by atoms with Crippen LogP contribution in [0, 0.1) is 5.92 Å². The molecule has 0 saturated carbocycles. The van der Waals surface area contributed by atoms with Gasteiger partial charge < -0.3 is 24.1 Å². The van der Waals surface area contributed by atoms with Crippen molar-refractivity contribution in [2.45, 2.75) is 65.2 Å². The summed E-state index contributed by atoms with van der Waals surface area (Å²) in [6.45, 7) is 5.81. The highest BCUT2D eigenvalue weighted by Crippen LogP contribution is 2.14. The molecule has 28 heavy (non-hydrogen) atoms. The molecule has 0 aromatic heterocycles. The van der Waals surface area contributed by atoms with Gasteiger partial charge in [-0.05, 0) is 25.7 Å². The minimum Gasteiger partial charge on any atom is -0.481 e. The second-order valence-electron chi connectivity index (χ2n) is 6.46. The van der Waals surface area contributed by atoms with Crippen LogP contribution in [0.3, 0.4) is 0 Å². The van der Waals surface area contributed by atoms with Gasteiger partial charge >= 0.3 is 17.9 Å². The molecule has 0 fully saturated rings. The van der Waals surface area contributed by atoms with E-state index in [2.05, 4.69) is 6.92 Å². The number of carbonyl (C=O) groups is 3. The van der Waals surface area contributed by atoms with Gasteiger partial charge in [0.1, 0.15) is 13.2 Å². The third-order valence-corrected chi connectivity index (χ3v) is 4.09. The molecule has 0 aliphatic rings. The first-order chi connectivity index (χ1) is 13.5. The molecule has 0 aliphatic carbocycles. The van der Waals surface area contributed by atoms with Crippen molar-refractivity contribution < 1.29 is 38.4 Å². The minimum atomic E-state index is -0.862. The molecule has 8 nitrogen and oxygen atoms in total. The summed E-state index contributed by atoms with van der Waals surface area (Å²) in [6, 6.07) is 0. The van der Waals surface area contributed by atoms with Gasteiger partial charge in [-0.3, -0.25) is 14.4 Å². The van der Waals surface area contributed by atoms with Crippen molar-refractivity contribution in [3.8, 4) is 0 Å². The fourth-order valence-corrected chi connectivity index (χ4v) is 2.41. The fourth-order valence-electron chi connectivity index (χ4n) is 2.41. The predicted octanol–water partition coefficient (Wildman–Crippen LogP) is 2.97. The summed E-state index contributed by atoms with van der Waals surface area (Å²) in [4.78, 5) is 33.6. The Bertz CT molecular complexity index is 424. The predicted molar refractivity (Wildman–Crippen MR) is 103 cm³/mol. The van der Waals surface area contributed by atoms with Gasteiger partial charge in [-0.15, -0.1) is 0 Å². The van der Waals surface area contributed by atoms with E-state index >= 15 is 0 Å². The molecule has 0 aromatic carbocycles.